The largest absolute Gasteiger partial charge is 0.507 e. The summed E-state index contributed by atoms with van der Waals surface area (Å²) in [7, 11) is 1.53. The standard InChI is InChI=1S/C29H20N2O3/c1-34-27-16-24(30-29(31-27)28-25(32)11-6-12-26(28)33)23-15-22-18-8-3-2-7-17(18)13-14-21(22)19-9-4-5-10-20(19)23/h2-16,32-33H,1H3. The molecule has 0 unspecified atom stereocenters. The minimum atomic E-state index is -0.103. The highest BCUT2D eigenvalue weighted by Crippen LogP contribution is 2.40. The third-order valence-corrected chi connectivity index (χ3v) is 6.20. The molecule has 1 heterocycles. The maximum atomic E-state index is 10.4. The lowest BCUT2D eigenvalue weighted by atomic mass is 9.92. The summed E-state index contributed by atoms with van der Waals surface area (Å²) < 4.78 is 5.47. The number of nitrogens with zero attached hydrogens (tertiary/aromatic N) is 2. The second kappa shape index (κ2) is 7.74. The van der Waals surface area contributed by atoms with E-state index in [4.69, 9.17) is 9.72 Å². The Kier molecular flexibility index (Phi) is 4.56. The van der Waals surface area contributed by atoms with Crippen LogP contribution in [-0.4, -0.2) is 27.3 Å². The zero-order valence-corrected chi connectivity index (χ0v) is 18.4. The fourth-order valence-corrected chi connectivity index (χ4v) is 4.61. The van der Waals surface area contributed by atoms with Crippen LogP contribution >= 0.6 is 0 Å². The predicted octanol–water partition coefficient (Wildman–Crippen LogP) is 6.69. The van der Waals surface area contributed by atoms with E-state index in [1.165, 1.54) is 19.2 Å². The van der Waals surface area contributed by atoms with E-state index in [-0.39, 0.29) is 22.9 Å². The number of methoxy groups -OCH3 is 1. The van der Waals surface area contributed by atoms with Gasteiger partial charge in [-0.05, 0) is 50.5 Å². The molecule has 0 saturated heterocycles. The molecule has 0 bridgehead atoms. The molecule has 0 aliphatic heterocycles. The average molecular weight is 444 g/mol. The highest BCUT2D eigenvalue weighted by Gasteiger charge is 2.18. The van der Waals surface area contributed by atoms with Gasteiger partial charge in [-0.15, -0.1) is 0 Å². The van der Waals surface area contributed by atoms with Gasteiger partial charge in [-0.1, -0.05) is 66.7 Å². The molecular weight excluding hydrogens is 424 g/mol. The van der Waals surface area contributed by atoms with E-state index in [0.717, 1.165) is 37.9 Å². The number of rotatable bonds is 3. The number of aromatic nitrogens is 2. The molecule has 0 saturated carbocycles. The van der Waals surface area contributed by atoms with Gasteiger partial charge >= 0.3 is 0 Å². The van der Waals surface area contributed by atoms with Gasteiger partial charge < -0.3 is 14.9 Å². The topological polar surface area (TPSA) is 75.5 Å². The van der Waals surface area contributed by atoms with Crippen LogP contribution in [0.1, 0.15) is 0 Å². The summed E-state index contributed by atoms with van der Waals surface area (Å²) in [4.78, 5) is 9.18. The van der Waals surface area contributed by atoms with Crippen LogP contribution < -0.4 is 4.74 Å². The molecule has 6 rings (SSSR count). The number of hydrogen-bond acceptors (Lipinski definition) is 5. The van der Waals surface area contributed by atoms with Crippen LogP contribution in [0.2, 0.25) is 0 Å². The molecule has 6 aromatic rings. The van der Waals surface area contributed by atoms with Crippen LogP contribution in [0.5, 0.6) is 17.4 Å². The third kappa shape index (κ3) is 3.10. The van der Waals surface area contributed by atoms with Crippen LogP contribution in [0.3, 0.4) is 0 Å². The van der Waals surface area contributed by atoms with Crippen molar-refractivity contribution in [3.8, 4) is 40.0 Å². The lowest BCUT2D eigenvalue weighted by Gasteiger charge is -2.14. The number of aromatic hydroxyl groups is 2. The van der Waals surface area contributed by atoms with Crippen molar-refractivity contribution in [1.82, 2.24) is 9.97 Å². The van der Waals surface area contributed by atoms with Gasteiger partial charge in [0.05, 0.1) is 12.8 Å². The highest BCUT2D eigenvalue weighted by atomic mass is 16.5. The summed E-state index contributed by atoms with van der Waals surface area (Å²) in [6.07, 6.45) is 0. The minimum absolute atomic E-state index is 0.103. The van der Waals surface area contributed by atoms with Gasteiger partial charge in [0.2, 0.25) is 5.88 Å². The molecule has 0 aliphatic carbocycles. The van der Waals surface area contributed by atoms with Gasteiger partial charge in [0.25, 0.3) is 0 Å². The quantitative estimate of drug-likeness (QED) is 0.297. The molecule has 2 N–H and O–H groups in total. The molecule has 0 spiro atoms. The molecule has 0 atom stereocenters. The molecule has 5 aromatic carbocycles. The molecule has 0 amide bonds. The molecule has 5 heteroatoms. The SMILES string of the molecule is COc1cc(-c2cc3c4ccccc4ccc3c3ccccc23)nc(-c2c(O)cccc2O)n1. The summed E-state index contributed by atoms with van der Waals surface area (Å²) in [5.74, 6) is 0.318. The van der Waals surface area contributed by atoms with Gasteiger partial charge in [0.1, 0.15) is 17.1 Å². The van der Waals surface area contributed by atoms with Gasteiger partial charge in [0, 0.05) is 11.6 Å². The Labute approximate surface area is 195 Å². The predicted molar refractivity (Wildman–Crippen MR) is 135 cm³/mol. The Morgan fingerprint density at radius 2 is 1.29 bits per heavy atom. The Bertz CT molecular complexity index is 1710. The number of fused-ring (bicyclic) bond motifs is 5. The first kappa shape index (κ1) is 20.0. The van der Waals surface area contributed by atoms with Crippen LogP contribution in [0.4, 0.5) is 0 Å². The van der Waals surface area contributed by atoms with E-state index >= 15 is 0 Å². The van der Waals surface area contributed by atoms with Crippen molar-refractivity contribution in [2.75, 3.05) is 7.11 Å². The van der Waals surface area contributed by atoms with Crippen molar-refractivity contribution in [3.63, 3.8) is 0 Å². The molecule has 0 aliphatic rings. The first-order chi connectivity index (χ1) is 16.6. The Hall–Kier alpha value is -4.64. The van der Waals surface area contributed by atoms with Crippen molar-refractivity contribution in [3.05, 3.63) is 91.0 Å². The summed E-state index contributed by atoms with van der Waals surface area (Å²) in [5.41, 5.74) is 1.71. The van der Waals surface area contributed by atoms with Crippen molar-refractivity contribution in [2.24, 2.45) is 0 Å². The summed E-state index contributed by atoms with van der Waals surface area (Å²) in [6.45, 7) is 0. The maximum absolute atomic E-state index is 10.4. The molecular formula is C29H20N2O3. The van der Waals surface area contributed by atoms with E-state index in [1.54, 1.807) is 12.1 Å². The molecule has 5 nitrogen and oxygen atoms in total. The zero-order chi connectivity index (χ0) is 23.2. The minimum Gasteiger partial charge on any atom is -0.507 e. The van der Waals surface area contributed by atoms with Crippen molar-refractivity contribution >= 4 is 32.3 Å². The van der Waals surface area contributed by atoms with Crippen LogP contribution in [0.25, 0.3) is 55.0 Å². The molecule has 1 aromatic heterocycles. The van der Waals surface area contributed by atoms with Crippen molar-refractivity contribution in [2.45, 2.75) is 0 Å². The number of benzene rings is 5. The number of hydrogen-bond donors (Lipinski definition) is 2. The first-order valence-electron chi connectivity index (χ1n) is 10.9. The molecule has 0 fully saturated rings. The van der Waals surface area contributed by atoms with Crippen LogP contribution in [-0.2, 0) is 0 Å². The summed E-state index contributed by atoms with van der Waals surface area (Å²) in [6, 6.07) is 29.3. The fourth-order valence-electron chi connectivity index (χ4n) is 4.61. The highest BCUT2D eigenvalue weighted by molar-refractivity contribution is 6.20. The van der Waals surface area contributed by atoms with Gasteiger partial charge in [-0.3, -0.25) is 0 Å². The number of phenolic OH excluding ortho intramolecular Hbond substituents is 2. The second-order valence-corrected chi connectivity index (χ2v) is 8.14. The maximum Gasteiger partial charge on any atom is 0.217 e. The lowest BCUT2D eigenvalue weighted by molar-refractivity contribution is 0.397. The van der Waals surface area contributed by atoms with E-state index in [1.807, 2.05) is 24.3 Å². The van der Waals surface area contributed by atoms with Crippen molar-refractivity contribution < 1.29 is 14.9 Å². The van der Waals surface area contributed by atoms with E-state index < -0.39 is 0 Å². The normalized spacial score (nSPS) is 11.3. The average Bonchev–Trinajstić information content (AvgIpc) is 2.87. The molecule has 0 radical (unpaired) electrons. The van der Waals surface area contributed by atoms with Crippen molar-refractivity contribution in [1.29, 1.82) is 0 Å². The second-order valence-electron chi connectivity index (χ2n) is 8.14. The molecule has 34 heavy (non-hydrogen) atoms. The third-order valence-electron chi connectivity index (χ3n) is 6.20. The monoisotopic (exact) mass is 444 g/mol. The zero-order valence-electron chi connectivity index (χ0n) is 18.4. The number of phenols is 2. The van der Waals surface area contributed by atoms with E-state index in [0.29, 0.717) is 11.6 Å². The Morgan fingerprint density at radius 3 is 2.06 bits per heavy atom. The fraction of sp³-hybridized carbons (Fsp3) is 0.0345. The summed E-state index contributed by atoms with van der Waals surface area (Å²) >= 11 is 0. The van der Waals surface area contributed by atoms with Gasteiger partial charge in [0.15, 0.2) is 5.82 Å². The van der Waals surface area contributed by atoms with Crippen LogP contribution in [0.15, 0.2) is 91.0 Å². The first-order valence-corrected chi connectivity index (χ1v) is 10.9. The lowest BCUT2D eigenvalue weighted by Crippen LogP contribution is -1.98. The Balaban J connectivity index is 1.72. The summed E-state index contributed by atoms with van der Waals surface area (Å²) in [5, 5.41) is 27.6. The molecule has 164 valence electrons. The van der Waals surface area contributed by atoms with E-state index in [2.05, 4.69) is 47.4 Å². The number of ether oxygens (including phenoxy) is 1. The van der Waals surface area contributed by atoms with E-state index in [9.17, 15) is 10.2 Å². The van der Waals surface area contributed by atoms with Crippen LogP contribution in [0, 0.1) is 0 Å². The smallest absolute Gasteiger partial charge is 0.217 e. The Morgan fingerprint density at radius 1 is 0.618 bits per heavy atom. The van der Waals surface area contributed by atoms with Gasteiger partial charge in [-0.25, -0.2) is 4.98 Å². The van der Waals surface area contributed by atoms with Gasteiger partial charge in [-0.2, -0.15) is 4.98 Å².